The van der Waals surface area contributed by atoms with E-state index in [9.17, 15) is 9.59 Å². The van der Waals surface area contributed by atoms with Gasteiger partial charge in [0.05, 0.1) is 0 Å². The molecule has 3 unspecified atom stereocenters. The van der Waals surface area contributed by atoms with Crippen molar-refractivity contribution in [1.82, 2.24) is 15.2 Å². The fourth-order valence-electron chi connectivity index (χ4n) is 4.14. The Labute approximate surface area is 174 Å². The molecule has 0 aliphatic heterocycles. The van der Waals surface area contributed by atoms with Gasteiger partial charge in [-0.25, -0.2) is 0 Å². The van der Waals surface area contributed by atoms with E-state index in [1.54, 1.807) is 17.3 Å². The number of hydrogen-bond acceptors (Lipinski definition) is 4. The summed E-state index contributed by atoms with van der Waals surface area (Å²) in [5.74, 6) is 1.51. The van der Waals surface area contributed by atoms with E-state index < -0.39 is 0 Å². The second-order valence-electron chi connectivity index (χ2n) is 8.47. The largest absolute Gasteiger partial charge is 0.375 e. The highest BCUT2D eigenvalue weighted by atomic mass is 16.5. The molecule has 1 aromatic rings. The molecule has 0 saturated carbocycles. The smallest absolute Gasteiger partial charge is 0.246 e. The maximum Gasteiger partial charge on any atom is 0.246 e. The molecule has 1 aliphatic carbocycles. The SMILES string of the molecule is COCC(=O)NCC1C=C(C)C(CC(=O)N(C)Cc2cccnc2)CC1C(C)C. The summed E-state index contributed by atoms with van der Waals surface area (Å²) in [6.07, 6.45) is 7.29. The predicted octanol–water partition coefficient (Wildman–Crippen LogP) is 3.05. The van der Waals surface area contributed by atoms with Gasteiger partial charge in [0.2, 0.25) is 11.8 Å². The lowest BCUT2D eigenvalue weighted by molar-refractivity contribution is -0.131. The van der Waals surface area contributed by atoms with Crippen molar-refractivity contribution < 1.29 is 14.3 Å². The van der Waals surface area contributed by atoms with Crippen LogP contribution in [-0.2, 0) is 20.9 Å². The molecule has 0 bridgehead atoms. The third-order valence-electron chi connectivity index (χ3n) is 5.88. The van der Waals surface area contributed by atoms with Crippen molar-refractivity contribution in [2.45, 2.75) is 40.2 Å². The highest BCUT2D eigenvalue weighted by molar-refractivity contribution is 5.77. The maximum absolute atomic E-state index is 12.8. The Morgan fingerprint density at radius 3 is 2.76 bits per heavy atom. The molecule has 0 aromatic carbocycles. The molecule has 1 heterocycles. The monoisotopic (exact) mass is 401 g/mol. The number of nitrogens with one attached hydrogen (secondary N) is 1. The Balaban J connectivity index is 1.99. The summed E-state index contributed by atoms with van der Waals surface area (Å²) >= 11 is 0. The van der Waals surface area contributed by atoms with Crippen molar-refractivity contribution in [2.24, 2.45) is 23.7 Å². The number of hydrogen-bond donors (Lipinski definition) is 1. The van der Waals surface area contributed by atoms with E-state index in [2.05, 4.69) is 37.1 Å². The van der Waals surface area contributed by atoms with Crippen LogP contribution in [0.2, 0.25) is 0 Å². The van der Waals surface area contributed by atoms with Crippen molar-refractivity contribution >= 4 is 11.8 Å². The summed E-state index contributed by atoms with van der Waals surface area (Å²) in [6.45, 7) is 7.82. The predicted molar refractivity (Wildman–Crippen MR) is 114 cm³/mol. The minimum Gasteiger partial charge on any atom is -0.375 e. The zero-order chi connectivity index (χ0) is 21.4. The molecule has 1 N–H and O–H groups in total. The second-order valence-corrected chi connectivity index (χ2v) is 8.47. The standard InChI is InChI=1S/C23H35N3O3/c1-16(2)21-10-19(17(3)9-20(21)13-25-22(27)15-29-5)11-23(28)26(4)14-18-7-6-8-24-12-18/h6-9,12,16,19-21H,10-11,13-15H2,1-5H3,(H,25,27). The normalized spacial score (nSPS) is 21.6. The first-order chi connectivity index (χ1) is 13.8. The number of carbonyl (C=O) groups is 2. The van der Waals surface area contributed by atoms with Crippen molar-refractivity contribution in [3.63, 3.8) is 0 Å². The van der Waals surface area contributed by atoms with Crippen LogP contribution in [0.25, 0.3) is 0 Å². The van der Waals surface area contributed by atoms with Gasteiger partial charge in [-0.15, -0.1) is 0 Å². The van der Waals surface area contributed by atoms with Crippen LogP contribution in [0.4, 0.5) is 0 Å². The fraction of sp³-hybridized carbons (Fsp3) is 0.609. The Kier molecular flexibility index (Phi) is 8.83. The summed E-state index contributed by atoms with van der Waals surface area (Å²) in [5.41, 5.74) is 2.28. The first-order valence-corrected chi connectivity index (χ1v) is 10.4. The van der Waals surface area contributed by atoms with Gasteiger partial charge < -0.3 is 15.0 Å². The van der Waals surface area contributed by atoms with E-state index >= 15 is 0 Å². The zero-order valence-electron chi connectivity index (χ0n) is 18.4. The van der Waals surface area contributed by atoms with Gasteiger partial charge in [-0.3, -0.25) is 14.6 Å². The average Bonchev–Trinajstić information content (AvgIpc) is 2.68. The Hall–Kier alpha value is -2.21. The van der Waals surface area contributed by atoms with Gasteiger partial charge in [0.15, 0.2) is 0 Å². The Bertz CT molecular complexity index is 703. The van der Waals surface area contributed by atoms with Crippen LogP contribution in [0, 0.1) is 23.7 Å². The van der Waals surface area contributed by atoms with Crippen molar-refractivity contribution in [2.75, 3.05) is 27.3 Å². The summed E-state index contributed by atoms with van der Waals surface area (Å²) in [6, 6.07) is 3.88. The molecular formula is C23H35N3O3. The molecule has 0 radical (unpaired) electrons. The molecular weight excluding hydrogens is 366 g/mol. The van der Waals surface area contributed by atoms with Gasteiger partial charge in [0.25, 0.3) is 0 Å². The topological polar surface area (TPSA) is 71.5 Å². The maximum atomic E-state index is 12.8. The van der Waals surface area contributed by atoms with Crippen LogP contribution in [0.1, 0.15) is 39.2 Å². The third kappa shape index (κ3) is 6.96. The van der Waals surface area contributed by atoms with Gasteiger partial charge in [-0.2, -0.15) is 0 Å². The molecule has 6 heteroatoms. The summed E-state index contributed by atoms with van der Waals surface area (Å²) < 4.78 is 4.89. The molecule has 2 amide bonds. The molecule has 6 nitrogen and oxygen atoms in total. The van der Waals surface area contributed by atoms with Crippen LogP contribution in [0.5, 0.6) is 0 Å². The number of nitrogens with zero attached hydrogens (tertiary/aromatic N) is 2. The van der Waals surface area contributed by atoms with E-state index in [4.69, 9.17) is 4.74 Å². The molecule has 0 saturated heterocycles. The van der Waals surface area contributed by atoms with Crippen LogP contribution in [-0.4, -0.2) is 49.0 Å². The third-order valence-corrected chi connectivity index (χ3v) is 5.88. The number of amides is 2. The van der Waals surface area contributed by atoms with Gasteiger partial charge in [-0.1, -0.05) is 31.6 Å². The number of pyridine rings is 1. The number of aromatic nitrogens is 1. The van der Waals surface area contributed by atoms with E-state index in [1.807, 2.05) is 19.2 Å². The van der Waals surface area contributed by atoms with Crippen molar-refractivity contribution in [1.29, 1.82) is 0 Å². The van der Waals surface area contributed by atoms with Crippen molar-refractivity contribution in [3.8, 4) is 0 Å². The van der Waals surface area contributed by atoms with Gasteiger partial charge in [-0.05, 0) is 48.6 Å². The lowest BCUT2D eigenvalue weighted by atomic mass is 9.69. The van der Waals surface area contributed by atoms with Crippen LogP contribution >= 0.6 is 0 Å². The molecule has 0 spiro atoms. The Morgan fingerprint density at radius 1 is 1.38 bits per heavy atom. The van der Waals surface area contributed by atoms with Gasteiger partial charge >= 0.3 is 0 Å². The summed E-state index contributed by atoms with van der Waals surface area (Å²) in [4.78, 5) is 30.5. The lowest BCUT2D eigenvalue weighted by Gasteiger charge is -2.37. The van der Waals surface area contributed by atoms with E-state index in [-0.39, 0.29) is 30.3 Å². The molecule has 29 heavy (non-hydrogen) atoms. The highest BCUT2D eigenvalue weighted by Gasteiger charge is 2.33. The second kappa shape index (κ2) is 11.1. The highest BCUT2D eigenvalue weighted by Crippen LogP contribution is 2.39. The lowest BCUT2D eigenvalue weighted by Crippen LogP contribution is -2.38. The summed E-state index contributed by atoms with van der Waals surface area (Å²) in [5, 5.41) is 2.97. The minimum absolute atomic E-state index is 0.0855. The molecule has 1 aliphatic rings. The number of ether oxygens (including phenoxy) is 1. The number of allylic oxidation sites excluding steroid dienone is 1. The quantitative estimate of drug-likeness (QED) is 0.646. The van der Waals surface area contributed by atoms with Gasteiger partial charge in [0.1, 0.15) is 6.61 Å². The number of carbonyl (C=O) groups excluding carboxylic acids is 2. The number of rotatable bonds is 9. The van der Waals surface area contributed by atoms with Crippen LogP contribution < -0.4 is 5.32 Å². The summed E-state index contributed by atoms with van der Waals surface area (Å²) in [7, 11) is 3.37. The van der Waals surface area contributed by atoms with E-state index in [1.165, 1.54) is 12.7 Å². The molecule has 3 atom stereocenters. The van der Waals surface area contributed by atoms with E-state index in [0.717, 1.165) is 12.0 Å². The first-order valence-electron chi connectivity index (χ1n) is 10.4. The molecule has 160 valence electrons. The minimum atomic E-state index is -0.0876. The fourth-order valence-corrected chi connectivity index (χ4v) is 4.14. The zero-order valence-corrected chi connectivity index (χ0v) is 18.4. The number of methoxy groups -OCH3 is 1. The molecule has 1 aromatic heterocycles. The molecule has 2 rings (SSSR count). The first kappa shape index (κ1) is 23.1. The average molecular weight is 402 g/mol. The van der Waals surface area contributed by atoms with Crippen molar-refractivity contribution in [3.05, 3.63) is 41.7 Å². The Morgan fingerprint density at radius 2 is 2.14 bits per heavy atom. The van der Waals surface area contributed by atoms with E-state index in [0.29, 0.717) is 31.3 Å². The van der Waals surface area contributed by atoms with Crippen LogP contribution in [0.3, 0.4) is 0 Å². The molecule has 0 fully saturated rings. The van der Waals surface area contributed by atoms with Gasteiger partial charge in [0, 0.05) is 46.1 Å². The van der Waals surface area contributed by atoms with Crippen LogP contribution in [0.15, 0.2) is 36.2 Å².